The van der Waals surface area contributed by atoms with Crippen LogP contribution in [0.2, 0.25) is 0 Å². The Hall–Kier alpha value is -5.37. The largest absolute Gasteiger partial charge is 0.0888 e. The van der Waals surface area contributed by atoms with Crippen LogP contribution < -0.4 is 0 Å². The van der Waals surface area contributed by atoms with E-state index in [1.165, 1.54) is 87.0 Å². The van der Waals surface area contributed by atoms with Crippen molar-refractivity contribution in [1.29, 1.82) is 0 Å². The van der Waals surface area contributed by atoms with Crippen LogP contribution in [-0.4, -0.2) is 0 Å². The molecule has 0 fully saturated rings. The number of hydrogen-bond donors (Lipinski definition) is 0. The van der Waals surface area contributed by atoms with Gasteiger partial charge in [0, 0.05) is 15.2 Å². The molecule has 2 aliphatic rings. The van der Waals surface area contributed by atoms with Crippen molar-refractivity contribution >= 4 is 33.3 Å². The first-order valence-corrected chi connectivity index (χ1v) is 16.8. The van der Waals surface area contributed by atoms with E-state index in [1.807, 2.05) is 11.8 Å². The van der Waals surface area contributed by atoms with Crippen LogP contribution in [0.1, 0.15) is 22.3 Å². The van der Waals surface area contributed by atoms with Crippen molar-refractivity contribution in [3.63, 3.8) is 0 Å². The Balaban J connectivity index is 1.29. The third-order valence-corrected chi connectivity index (χ3v) is 11.3. The zero-order valence-corrected chi connectivity index (χ0v) is 25.9. The second kappa shape index (κ2) is 9.81. The van der Waals surface area contributed by atoms with Gasteiger partial charge in [0.25, 0.3) is 0 Å². The zero-order valence-electron chi connectivity index (χ0n) is 25.1. The molecule has 0 amide bonds. The molecular weight excluding hydrogens is 573 g/mol. The lowest BCUT2D eigenvalue weighted by molar-refractivity contribution is 0.771. The molecule has 1 aliphatic heterocycles. The van der Waals surface area contributed by atoms with Crippen LogP contribution in [0.5, 0.6) is 0 Å². The van der Waals surface area contributed by atoms with Gasteiger partial charge in [-0.05, 0) is 90.0 Å². The summed E-state index contributed by atoms with van der Waals surface area (Å²) >= 11 is 1.89. The number of benzene rings is 8. The van der Waals surface area contributed by atoms with Crippen LogP contribution in [0.4, 0.5) is 0 Å². The predicted octanol–water partition coefficient (Wildman–Crippen LogP) is 12.2. The minimum Gasteiger partial charge on any atom is -0.0888 e. The maximum atomic E-state index is 2.44. The molecule has 1 aliphatic carbocycles. The van der Waals surface area contributed by atoms with Crippen LogP contribution in [0.25, 0.3) is 54.9 Å². The lowest BCUT2D eigenvalue weighted by atomic mass is 9.65. The lowest BCUT2D eigenvalue weighted by Crippen LogP contribution is -2.29. The molecule has 8 aromatic carbocycles. The minimum absolute atomic E-state index is 0.481. The van der Waals surface area contributed by atoms with Crippen LogP contribution in [0, 0.1) is 0 Å². The highest BCUT2D eigenvalue weighted by atomic mass is 32.2. The van der Waals surface area contributed by atoms with E-state index in [1.54, 1.807) is 0 Å². The van der Waals surface area contributed by atoms with Gasteiger partial charge < -0.3 is 0 Å². The fourth-order valence-electron chi connectivity index (χ4n) is 8.29. The lowest BCUT2D eigenvalue weighted by Gasteiger charge is -2.35. The summed E-state index contributed by atoms with van der Waals surface area (Å²) in [5.41, 5.74) is 12.6. The standard InChI is InChI=1S/C45H28S/c1-2-15-32(16-3-1)45(39-22-9-7-19-36(39)44-34-18-5-4-12-29(34)24-26-40(44)45)38-21-8-6-17-33(38)31-25-27-41-37(28-31)35-20-10-13-30-14-11-23-42(46-41)43(30)35/h1-28H. The molecule has 0 saturated heterocycles. The molecule has 0 bridgehead atoms. The fraction of sp³-hybridized carbons (Fsp3) is 0.0222. The van der Waals surface area contributed by atoms with Gasteiger partial charge >= 0.3 is 0 Å². The number of rotatable bonds is 3. The molecule has 10 rings (SSSR count). The first-order valence-electron chi connectivity index (χ1n) is 15.9. The monoisotopic (exact) mass is 600 g/mol. The Bertz CT molecular complexity index is 2500. The Labute approximate surface area is 273 Å². The van der Waals surface area contributed by atoms with Gasteiger partial charge in [0.15, 0.2) is 0 Å². The Morgan fingerprint density at radius 1 is 0.391 bits per heavy atom. The smallest absolute Gasteiger partial charge is 0.0719 e. The molecule has 0 nitrogen and oxygen atoms in total. The van der Waals surface area contributed by atoms with Crippen LogP contribution in [-0.2, 0) is 5.41 Å². The van der Waals surface area contributed by atoms with Gasteiger partial charge in [-0.3, -0.25) is 0 Å². The van der Waals surface area contributed by atoms with Crippen LogP contribution in [0.3, 0.4) is 0 Å². The molecule has 0 N–H and O–H groups in total. The molecule has 0 radical (unpaired) electrons. The summed E-state index contributed by atoms with van der Waals surface area (Å²) < 4.78 is 0. The SMILES string of the molecule is c1ccc(C2(c3ccccc3-c3ccc4c(c3)-c3cccc5cccc(c35)S4)c3ccccc3-c3c2ccc2ccccc32)cc1. The average molecular weight is 601 g/mol. The molecule has 214 valence electrons. The fourth-order valence-corrected chi connectivity index (χ4v) is 9.41. The van der Waals surface area contributed by atoms with Gasteiger partial charge in [-0.15, -0.1) is 0 Å². The van der Waals surface area contributed by atoms with Crippen molar-refractivity contribution in [2.45, 2.75) is 15.2 Å². The number of hydrogen-bond acceptors (Lipinski definition) is 1. The Kier molecular flexibility index (Phi) is 5.53. The van der Waals surface area contributed by atoms with E-state index in [4.69, 9.17) is 0 Å². The van der Waals surface area contributed by atoms with Gasteiger partial charge in [0.05, 0.1) is 5.41 Å². The van der Waals surface area contributed by atoms with Gasteiger partial charge in [-0.2, -0.15) is 0 Å². The molecule has 1 atom stereocenters. The molecule has 1 heteroatoms. The quantitative estimate of drug-likeness (QED) is 0.194. The minimum atomic E-state index is -0.481. The topological polar surface area (TPSA) is 0 Å². The molecule has 46 heavy (non-hydrogen) atoms. The third kappa shape index (κ3) is 3.47. The first kappa shape index (κ1) is 25.9. The maximum absolute atomic E-state index is 2.44. The second-order valence-corrected chi connectivity index (χ2v) is 13.5. The van der Waals surface area contributed by atoms with E-state index < -0.39 is 5.41 Å². The molecule has 0 spiro atoms. The van der Waals surface area contributed by atoms with Crippen molar-refractivity contribution in [2.24, 2.45) is 0 Å². The summed E-state index contributed by atoms with van der Waals surface area (Å²) in [5, 5.41) is 5.24. The van der Waals surface area contributed by atoms with Crippen molar-refractivity contribution in [3.05, 3.63) is 192 Å². The summed E-state index contributed by atoms with van der Waals surface area (Å²) in [6.45, 7) is 0. The summed E-state index contributed by atoms with van der Waals surface area (Å²) in [5.74, 6) is 0. The second-order valence-electron chi connectivity index (χ2n) is 12.4. The molecule has 1 unspecified atom stereocenters. The van der Waals surface area contributed by atoms with Crippen LogP contribution >= 0.6 is 11.8 Å². The van der Waals surface area contributed by atoms with E-state index in [2.05, 4.69) is 170 Å². The molecule has 1 heterocycles. The highest BCUT2D eigenvalue weighted by Crippen LogP contribution is 2.59. The van der Waals surface area contributed by atoms with Crippen molar-refractivity contribution < 1.29 is 0 Å². The Morgan fingerprint density at radius 2 is 1.07 bits per heavy atom. The summed E-state index contributed by atoms with van der Waals surface area (Å²) in [6, 6.07) is 63.4. The van der Waals surface area contributed by atoms with Crippen LogP contribution in [0.15, 0.2) is 180 Å². The average Bonchev–Trinajstić information content (AvgIpc) is 3.44. The molecule has 8 aromatic rings. The predicted molar refractivity (Wildman–Crippen MR) is 194 cm³/mol. The first-order chi connectivity index (χ1) is 22.8. The molecule has 0 aromatic heterocycles. The van der Waals surface area contributed by atoms with Gasteiger partial charge in [0.1, 0.15) is 0 Å². The zero-order chi connectivity index (χ0) is 30.2. The summed E-state index contributed by atoms with van der Waals surface area (Å²) in [7, 11) is 0. The number of fused-ring (bicyclic) bond motifs is 7. The van der Waals surface area contributed by atoms with E-state index in [-0.39, 0.29) is 0 Å². The molecule has 0 saturated carbocycles. The summed E-state index contributed by atoms with van der Waals surface area (Å²) in [4.78, 5) is 2.65. The van der Waals surface area contributed by atoms with Gasteiger partial charge in [-0.1, -0.05) is 163 Å². The third-order valence-electron chi connectivity index (χ3n) is 10.1. The summed E-state index contributed by atoms with van der Waals surface area (Å²) in [6.07, 6.45) is 0. The molecular formula is C45H28S. The van der Waals surface area contributed by atoms with E-state index >= 15 is 0 Å². The highest BCUT2D eigenvalue weighted by molar-refractivity contribution is 7.99. The van der Waals surface area contributed by atoms with E-state index in [0.29, 0.717) is 0 Å². The van der Waals surface area contributed by atoms with Crippen molar-refractivity contribution in [2.75, 3.05) is 0 Å². The maximum Gasteiger partial charge on any atom is 0.0719 e. The Morgan fingerprint density at radius 3 is 1.93 bits per heavy atom. The van der Waals surface area contributed by atoms with Gasteiger partial charge in [-0.25, -0.2) is 0 Å². The van der Waals surface area contributed by atoms with Crippen molar-refractivity contribution in [3.8, 4) is 33.4 Å². The van der Waals surface area contributed by atoms with Gasteiger partial charge in [0.2, 0.25) is 0 Å². The van der Waals surface area contributed by atoms with E-state index in [9.17, 15) is 0 Å². The van der Waals surface area contributed by atoms with Crippen molar-refractivity contribution in [1.82, 2.24) is 0 Å². The normalized spacial score (nSPS) is 15.8. The highest BCUT2D eigenvalue weighted by Gasteiger charge is 2.47. The van der Waals surface area contributed by atoms with E-state index in [0.717, 1.165) is 0 Å².